The molecule has 2 unspecified atom stereocenters. The molecule has 6 aliphatic rings. The van der Waals surface area contributed by atoms with Crippen LogP contribution in [0, 0.1) is 0 Å². The molecule has 0 aliphatic carbocycles. The summed E-state index contributed by atoms with van der Waals surface area (Å²) in [6.07, 6.45) is 0. The topological polar surface area (TPSA) is 115 Å². The molecule has 6 aromatic carbocycles. The summed E-state index contributed by atoms with van der Waals surface area (Å²) < 4.78 is 7.25. The van der Waals surface area contributed by atoms with Gasteiger partial charge in [-0.15, -0.1) is 0 Å². The molecule has 0 fully saturated rings. The van der Waals surface area contributed by atoms with Crippen molar-refractivity contribution in [3.8, 4) is 0 Å². The van der Waals surface area contributed by atoms with E-state index in [0.717, 1.165) is 106 Å². The highest BCUT2D eigenvalue weighted by Gasteiger charge is 2.70. The van der Waals surface area contributed by atoms with Gasteiger partial charge in [-0.3, -0.25) is 9.47 Å². The van der Waals surface area contributed by atoms with Gasteiger partial charge in [0.2, 0.25) is 0 Å². The molecule has 6 aliphatic heterocycles. The summed E-state index contributed by atoms with van der Waals surface area (Å²) in [6.45, 7) is 0. The first kappa shape index (κ1) is 31.0. The summed E-state index contributed by atoms with van der Waals surface area (Å²) >= 11 is 0. The Balaban J connectivity index is 1.30. The Hall–Kier alpha value is -8.11. The second-order valence-corrected chi connectivity index (χ2v) is 15.7. The van der Waals surface area contributed by atoms with Crippen LogP contribution in [0.5, 0.6) is 0 Å². The Labute approximate surface area is 333 Å². The number of amidine groups is 2. The average Bonchev–Trinajstić information content (AvgIpc) is 4.00. The number of carboxylic acids is 2. The van der Waals surface area contributed by atoms with Crippen LogP contribution < -0.4 is 10.7 Å². The van der Waals surface area contributed by atoms with Crippen LogP contribution in [0.4, 0.5) is 11.6 Å². The normalized spacial score (nSPS) is 19.4. The molecule has 0 bridgehead atoms. The minimum Gasteiger partial charge on any atom is -0.478 e. The van der Waals surface area contributed by atoms with Gasteiger partial charge in [0.1, 0.15) is 5.84 Å². The molecule has 8 aromatic rings. The Morgan fingerprint density at radius 2 is 1.10 bits per heavy atom. The molecule has 14 rings (SSSR count). The van der Waals surface area contributed by atoms with Crippen molar-refractivity contribution in [2.45, 2.75) is 12.0 Å². The van der Waals surface area contributed by atoms with E-state index in [-0.39, 0.29) is 17.2 Å². The van der Waals surface area contributed by atoms with Crippen molar-refractivity contribution in [2.24, 2.45) is 9.98 Å². The molecular formula is C49H27N6O4+. The van der Waals surface area contributed by atoms with Gasteiger partial charge in [-0.25, -0.2) is 19.1 Å². The van der Waals surface area contributed by atoms with Crippen molar-refractivity contribution in [3.05, 3.63) is 201 Å². The standard InChI is InChI=1S/C49H26N6O4/c56-47(57)27-21-17-25(18-22-27)37-39-29-9-1-2-10-30(29)40-38(26-19-23-28(24-20-26)48(58)59)42-32-12-4-6-14-34(32)44-51-46-36-16-8-7-15-35(36)45-50-43-33-13-5-3-11-31(33)41(37)53(43)49(52(39)40,54(42)44)55(45)46/h1-24,41H,(H-,56,57,58,59)/p+1. The maximum Gasteiger partial charge on any atom is 0.368 e. The molecule has 276 valence electrons. The zero-order valence-electron chi connectivity index (χ0n) is 30.8. The van der Waals surface area contributed by atoms with E-state index in [1.807, 2.05) is 24.3 Å². The summed E-state index contributed by atoms with van der Waals surface area (Å²) in [6, 6.07) is 48.0. The first-order valence-corrected chi connectivity index (χ1v) is 19.5. The van der Waals surface area contributed by atoms with Gasteiger partial charge in [-0.2, -0.15) is 4.58 Å². The van der Waals surface area contributed by atoms with Gasteiger partial charge in [0.25, 0.3) is 5.82 Å². The third-order valence-electron chi connectivity index (χ3n) is 13.1. The van der Waals surface area contributed by atoms with E-state index in [1.165, 1.54) is 0 Å². The lowest BCUT2D eigenvalue weighted by Gasteiger charge is -2.52. The minimum atomic E-state index is -1.13. The fourth-order valence-electron chi connectivity index (χ4n) is 10.9. The van der Waals surface area contributed by atoms with Crippen LogP contribution in [0.1, 0.15) is 60.1 Å². The largest absolute Gasteiger partial charge is 0.478 e. The second kappa shape index (κ2) is 10.2. The highest BCUT2D eigenvalue weighted by atomic mass is 16.4. The number of rotatable bonds is 4. The number of fused-ring (bicyclic) bond motifs is 12. The molecule has 10 heteroatoms. The average molecular weight is 764 g/mol. The number of carbonyl (C=O) groups is 2. The van der Waals surface area contributed by atoms with Crippen LogP contribution in [0.15, 0.2) is 156 Å². The molecule has 2 N–H and O–H groups in total. The monoisotopic (exact) mass is 763 g/mol. The molecular weight excluding hydrogens is 737 g/mol. The Morgan fingerprint density at radius 3 is 1.76 bits per heavy atom. The van der Waals surface area contributed by atoms with Crippen LogP contribution in [-0.2, 0) is 5.91 Å². The number of nitrogens with zero attached hydrogens (tertiary/aromatic N) is 6. The molecule has 2 atom stereocenters. The third-order valence-corrected chi connectivity index (χ3v) is 13.1. The molecule has 8 heterocycles. The summed E-state index contributed by atoms with van der Waals surface area (Å²) in [4.78, 5) is 38.1. The number of benzene rings is 6. The maximum atomic E-state index is 12.2. The SMILES string of the molecule is O=C(O)c1ccc(C2=c3c4ccccc4c4n3C35N6C(=Nc7c8ccccc8c(n73)N=C3c7ccccc7C2=[N+]35)c2ccccc2C6C=4c2ccc(C(=O)O)cc2)cc1. The lowest BCUT2D eigenvalue weighted by Crippen LogP contribution is -2.74. The first-order valence-electron chi connectivity index (χ1n) is 19.5. The van der Waals surface area contributed by atoms with Crippen LogP contribution in [0.25, 0.3) is 32.7 Å². The molecule has 2 aromatic heterocycles. The van der Waals surface area contributed by atoms with E-state index in [2.05, 4.69) is 116 Å². The van der Waals surface area contributed by atoms with E-state index in [9.17, 15) is 19.8 Å². The zero-order valence-corrected chi connectivity index (χ0v) is 30.8. The number of hydrogen-bond donors (Lipinski definition) is 2. The quantitative estimate of drug-likeness (QED) is 0.190. The lowest BCUT2D eigenvalue weighted by molar-refractivity contribution is -0.589. The summed E-state index contributed by atoms with van der Waals surface area (Å²) in [5, 5.41) is 26.0. The summed E-state index contributed by atoms with van der Waals surface area (Å²) in [5.41, 5.74) is 9.32. The summed E-state index contributed by atoms with van der Waals surface area (Å²) in [7, 11) is 0. The fourth-order valence-corrected chi connectivity index (χ4v) is 10.9. The maximum absolute atomic E-state index is 12.2. The van der Waals surface area contributed by atoms with Gasteiger partial charge in [0, 0.05) is 32.9 Å². The summed E-state index contributed by atoms with van der Waals surface area (Å²) in [5.74, 6) is 0.187. The number of hydrogen-bond acceptors (Lipinski definition) is 5. The van der Waals surface area contributed by atoms with E-state index in [0.29, 0.717) is 0 Å². The van der Waals surface area contributed by atoms with Crippen LogP contribution in [-0.4, -0.2) is 58.1 Å². The van der Waals surface area contributed by atoms with Crippen LogP contribution >= 0.6 is 0 Å². The van der Waals surface area contributed by atoms with Crippen molar-refractivity contribution in [1.82, 2.24) is 14.0 Å². The predicted octanol–water partition coefficient (Wildman–Crippen LogP) is 6.89. The van der Waals surface area contributed by atoms with E-state index >= 15 is 0 Å². The number of aromatic nitrogens is 2. The molecule has 10 nitrogen and oxygen atoms in total. The Morgan fingerprint density at radius 1 is 0.559 bits per heavy atom. The molecule has 59 heavy (non-hydrogen) atoms. The van der Waals surface area contributed by atoms with E-state index in [1.54, 1.807) is 24.3 Å². The van der Waals surface area contributed by atoms with Gasteiger partial charge in [-0.05, 0) is 64.1 Å². The van der Waals surface area contributed by atoms with Gasteiger partial charge in [0.05, 0.1) is 44.4 Å². The van der Waals surface area contributed by atoms with E-state index in [4.69, 9.17) is 9.98 Å². The first-order chi connectivity index (χ1) is 29.0. The van der Waals surface area contributed by atoms with Crippen molar-refractivity contribution in [3.63, 3.8) is 0 Å². The van der Waals surface area contributed by atoms with E-state index < -0.39 is 17.8 Å². The number of carboxylic acid groups (broad SMARTS) is 2. The predicted molar refractivity (Wildman–Crippen MR) is 223 cm³/mol. The van der Waals surface area contributed by atoms with Crippen molar-refractivity contribution < 1.29 is 24.4 Å². The lowest BCUT2D eigenvalue weighted by atomic mass is 9.89. The second-order valence-electron chi connectivity index (χ2n) is 15.7. The fraction of sp³-hybridized carbons (Fsp3) is 0.0408. The third kappa shape index (κ3) is 3.38. The Kier molecular flexibility index (Phi) is 5.39. The molecule has 1 spiro atoms. The molecule has 0 saturated heterocycles. The van der Waals surface area contributed by atoms with Gasteiger partial charge in [0.15, 0.2) is 11.5 Å². The zero-order chi connectivity index (χ0) is 39.1. The highest BCUT2D eigenvalue weighted by molar-refractivity contribution is 6.36. The minimum absolute atomic E-state index is 0.209. The van der Waals surface area contributed by atoms with Crippen LogP contribution in [0.2, 0.25) is 0 Å². The number of aliphatic imine (C=N–C) groups is 2. The smallest absolute Gasteiger partial charge is 0.368 e. The highest BCUT2D eigenvalue weighted by Crippen LogP contribution is 2.59. The Bertz CT molecular complexity index is 3620. The van der Waals surface area contributed by atoms with Gasteiger partial charge >= 0.3 is 23.7 Å². The molecule has 0 saturated carbocycles. The van der Waals surface area contributed by atoms with Gasteiger partial charge in [-0.1, -0.05) is 103 Å². The van der Waals surface area contributed by atoms with Crippen molar-refractivity contribution >= 4 is 73.6 Å². The van der Waals surface area contributed by atoms with Crippen molar-refractivity contribution in [1.29, 1.82) is 0 Å². The molecule has 0 amide bonds. The van der Waals surface area contributed by atoms with Crippen LogP contribution in [0.3, 0.4) is 0 Å². The van der Waals surface area contributed by atoms with Crippen molar-refractivity contribution in [2.75, 3.05) is 0 Å². The molecule has 0 radical (unpaired) electrons. The van der Waals surface area contributed by atoms with Gasteiger partial charge < -0.3 is 10.2 Å². The number of aromatic carboxylic acids is 2.